The van der Waals surface area contributed by atoms with Crippen LogP contribution in [-0.4, -0.2) is 17.0 Å². The van der Waals surface area contributed by atoms with Crippen molar-refractivity contribution in [1.29, 1.82) is 0 Å². The normalized spacial score (nSPS) is 10.2. The van der Waals surface area contributed by atoms with Gasteiger partial charge < -0.3 is 5.32 Å². The predicted octanol–water partition coefficient (Wildman–Crippen LogP) is 3.15. The predicted molar refractivity (Wildman–Crippen MR) is 66.8 cm³/mol. The highest BCUT2D eigenvalue weighted by Crippen LogP contribution is 2.23. The molecule has 0 saturated carbocycles. The van der Waals surface area contributed by atoms with Crippen LogP contribution in [-0.2, 0) is 0 Å². The van der Waals surface area contributed by atoms with E-state index in [1.165, 1.54) is 0 Å². The fourth-order valence-electron chi connectivity index (χ4n) is 1.37. The van der Waals surface area contributed by atoms with Gasteiger partial charge in [0.2, 0.25) is 0 Å². The molecule has 0 unspecified atom stereocenters. The minimum absolute atomic E-state index is 0.675. The van der Waals surface area contributed by atoms with Crippen LogP contribution in [0.15, 0.2) is 30.5 Å². The molecule has 1 heterocycles. The van der Waals surface area contributed by atoms with E-state index < -0.39 is 0 Å². The fraction of sp³-hybridized carbons (Fsp3) is 0.167. The van der Waals surface area contributed by atoms with E-state index in [1.54, 1.807) is 6.20 Å². The van der Waals surface area contributed by atoms with Crippen molar-refractivity contribution in [3.8, 4) is 11.4 Å². The maximum Gasteiger partial charge on any atom is 0.161 e. The van der Waals surface area contributed by atoms with Gasteiger partial charge in [-0.2, -0.15) is 0 Å². The SMILES string of the molecule is CNc1ccnc(-c2ccc(C)c(Cl)c2)n1. The van der Waals surface area contributed by atoms with E-state index in [1.807, 2.05) is 38.2 Å². The second-order valence-electron chi connectivity index (χ2n) is 3.48. The summed E-state index contributed by atoms with van der Waals surface area (Å²) in [7, 11) is 1.83. The number of benzene rings is 1. The largest absolute Gasteiger partial charge is 0.373 e. The number of rotatable bonds is 2. The molecule has 2 aromatic rings. The van der Waals surface area contributed by atoms with Gasteiger partial charge in [-0.15, -0.1) is 0 Å². The Bertz CT molecular complexity index is 511. The van der Waals surface area contributed by atoms with Crippen LogP contribution in [0.2, 0.25) is 5.02 Å². The molecule has 0 aliphatic heterocycles. The van der Waals surface area contributed by atoms with E-state index in [0.29, 0.717) is 5.82 Å². The molecule has 0 amide bonds. The third kappa shape index (κ3) is 2.14. The topological polar surface area (TPSA) is 37.8 Å². The number of nitrogens with zero attached hydrogens (tertiary/aromatic N) is 2. The molecular formula is C12H12ClN3. The highest BCUT2D eigenvalue weighted by Gasteiger charge is 2.04. The molecule has 0 aliphatic carbocycles. The number of aromatic nitrogens is 2. The van der Waals surface area contributed by atoms with Gasteiger partial charge in [0, 0.05) is 23.8 Å². The number of nitrogens with one attached hydrogen (secondary N) is 1. The van der Waals surface area contributed by atoms with Crippen LogP contribution in [0.1, 0.15) is 5.56 Å². The summed E-state index contributed by atoms with van der Waals surface area (Å²) in [5.74, 6) is 1.47. The fourth-order valence-corrected chi connectivity index (χ4v) is 1.55. The summed E-state index contributed by atoms with van der Waals surface area (Å²) in [6.45, 7) is 1.97. The molecule has 4 heteroatoms. The average molecular weight is 234 g/mol. The molecule has 3 nitrogen and oxygen atoms in total. The molecule has 0 bridgehead atoms. The first-order chi connectivity index (χ1) is 7.70. The lowest BCUT2D eigenvalue weighted by atomic mass is 10.1. The first-order valence-electron chi connectivity index (χ1n) is 4.98. The third-order valence-electron chi connectivity index (χ3n) is 2.34. The lowest BCUT2D eigenvalue weighted by molar-refractivity contribution is 1.17. The molecular weight excluding hydrogens is 222 g/mol. The average Bonchev–Trinajstić information content (AvgIpc) is 2.33. The van der Waals surface area contributed by atoms with Gasteiger partial charge in [-0.1, -0.05) is 23.7 Å². The zero-order valence-corrected chi connectivity index (χ0v) is 9.92. The van der Waals surface area contributed by atoms with E-state index in [2.05, 4.69) is 15.3 Å². The number of halogens is 1. The molecule has 0 aliphatic rings. The third-order valence-corrected chi connectivity index (χ3v) is 2.75. The minimum Gasteiger partial charge on any atom is -0.373 e. The van der Waals surface area contributed by atoms with Crippen LogP contribution in [0.25, 0.3) is 11.4 Å². The van der Waals surface area contributed by atoms with Crippen molar-refractivity contribution >= 4 is 17.4 Å². The number of hydrogen-bond acceptors (Lipinski definition) is 3. The van der Waals surface area contributed by atoms with E-state index in [9.17, 15) is 0 Å². The van der Waals surface area contributed by atoms with Crippen molar-refractivity contribution in [2.45, 2.75) is 6.92 Å². The lowest BCUT2D eigenvalue weighted by Gasteiger charge is -2.04. The smallest absolute Gasteiger partial charge is 0.161 e. The summed E-state index contributed by atoms with van der Waals surface area (Å²) in [6.07, 6.45) is 1.72. The molecule has 0 atom stereocenters. The van der Waals surface area contributed by atoms with Crippen LogP contribution in [0.3, 0.4) is 0 Å². The maximum absolute atomic E-state index is 6.07. The molecule has 1 N–H and O–H groups in total. The van der Waals surface area contributed by atoms with Crippen molar-refractivity contribution in [3.05, 3.63) is 41.0 Å². The van der Waals surface area contributed by atoms with Gasteiger partial charge in [-0.25, -0.2) is 9.97 Å². The summed E-state index contributed by atoms with van der Waals surface area (Å²) in [4.78, 5) is 8.57. The Kier molecular flexibility index (Phi) is 3.06. The van der Waals surface area contributed by atoms with E-state index in [0.717, 1.165) is 22.0 Å². The Balaban J connectivity index is 2.46. The maximum atomic E-state index is 6.07. The first kappa shape index (κ1) is 10.9. The number of aryl methyl sites for hydroxylation is 1. The van der Waals surface area contributed by atoms with Crippen molar-refractivity contribution in [3.63, 3.8) is 0 Å². The molecule has 0 spiro atoms. The zero-order valence-electron chi connectivity index (χ0n) is 9.16. The van der Waals surface area contributed by atoms with Gasteiger partial charge in [-0.3, -0.25) is 0 Å². The van der Waals surface area contributed by atoms with Crippen LogP contribution in [0, 0.1) is 6.92 Å². The lowest BCUT2D eigenvalue weighted by Crippen LogP contribution is -1.95. The standard InChI is InChI=1S/C12H12ClN3/c1-8-3-4-9(7-10(8)13)12-15-6-5-11(14-2)16-12/h3-7H,1-2H3,(H,14,15,16). The Morgan fingerprint density at radius 2 is 2.06 bits per heavy atom. The highest BCUT2D eigenvalue weighted by molar-refractivity contribution is 6.31. The van der Waals surface area contributed by atoms with Crippen molar-refractivity contribution in [2.24, 2.45) is 0 Å². The monoisotopic (exact) mass is 233 g/mol. The Hall–Kier alpha value is -1.61. The van der Waals surface area contributed by atoms with Gasteiger partial charge in [0.15, 0.2) is 5.82 Å². The van der Waals surface area contributed by atoms with Gasteiger partial charge in [0.25, 0.3) is 0 Å². The van der Waals surface area contributed by atoms with Crippen LogP contribution in [0.4, 0.5) is 5.82 Å². The summed E-state index contributed by atoms with van der Waals surface area (Å²) in [5, 5.41) is 3.71. The number of anilines is 1. The molecule has 82 valence electrons. The Morgan fingerprint density at radius 3 is 2.75 bits per heavy atom. The molecule has 2 rings (SSSR count). The quantitative estimate of drug-likeness (QED) is 0.866. The van der Waals surface area contributed by atoms with Crippen LogP contribution >= 0.6 is 11.6 Å². The van der Waals surface area contributed by atoms with Gasteiger partial charge in [-0.05, 0) is 24.6 Å². The first-order valence-corrected chi connectivity index (χ1v) is 5.36. The molecule has 1 aromatic heterocycles. The molecule has 1 aromatic carbocycles. The van der Waals surface area contributed by atoms with E-state index in [-0.39, 0.29) is 0 Å². The summed E-state index contributed by atoms with van der Waals surface area (Å²) >= 11 is 6.07. The second-order valence-corrected chi connectivity index (χ2v) is 3.89. The van der Waals surface area contributed by atoms with Gasteiger partial charge in [0.1, 0.15) is 5.82 Å². The summed E-state index contributed by atoms with van der Waals surface area (Å²) < 4.78 is 0. The van der Waals surface area contributed by atoms with Crippen molar-refractivity contribution < 1.29 is 0 Å². The summed E-state index contributed by atoms with van der Waals surface area (Å²) in [5.41, 5.74) is 1.97. The minimum atomic E-state index is 0.675. The summed E-state index contributed by atoms with van der Waals surface area (Å²) in [6, 6.07) is 7.63. The zero-order chi connectivity index (χ0) is 11.5. The molecule has 16 heavy (non-hydrogen) atoms. The van der Waals surface area contributed by atoms with Gasteiger partial charge in [0.05, 0.1) is 0 Å². The number of hydrogen-bond donors (Lipinski definition) is 1. The molecule has 0 fully saturated rings. The second kappa shape index (κ2) is 4.49. The Morgan fingerprint density at radius 1 is 1.25 bits per heavy atom. The van der Waals surface area contributed by atoms with E-state index in [4.69, 9.17) is 11.6 Å². The molecule has 0 radical (unpaired) electrons. The van der Waals surface area contributed by atoms with E-state index >= 15 is 0 Å². The van der Waals surface area contributed by atoms with Crippen molar-refractivity contribution in [1.82, 2.24) is 9.97 Å². The van der Waals surface area contributed by atoms with Crippen molar-refractivity contribution in [2.75, 3.05) is 12.4 Å². The van der Waals surface area contributed by atoms with Gasteiger partial charge >= 0.3 is 0 Å². The molecule has 0 saturated heterocycles. The Labute approximate surface area is 99.5 Å². The van der Waals surface area contributed by atoms with Crippen LogP contribution < -0.4 is 5.32 Å². The van der Waals surface area contributed by atoms with Crippen LogP contribution in [0.5, 0.6) is 0 Å². The highest BCUT2D eigenvalue weighted by atomic mass is 35.5.